The van der Waals surface area contributed by atoms with E-state index in [1.165, 1.54) is 24.2 Å². The quantitative estimate of drug-likeness (QED) is 0.787. The number of nitrogens with one attached hydrogen (secondary N) is 1. The maximum absolute atomic E-state index is 11.9. The second kappa shape index (κ2) is 7.26. The molecule has 0 aliphatic carbocycles. The number of sulfonamides is 1. The largest absolute Gasteiger partial charge is 0.455 e. The molecule has 2 heterocycles. The van der Waals surface area contributed by atoms with Gasteiger partial charge in [-0.05, 0) is 38.1 Å². The summed E-state index contributed by atoms with van der Waals surface area (Å²) in [6.07, 6.45) is 3.55. The Morgan fingerprint density at radius 1 is 1.36 bits per heavy atom. The fraction of sp³-hybridized carbons (Fsp3) is 0.643. The average Bonchev–Trinajstić information content (AvgIpc) is 3.09. The van der Waals surface area contributed by atoms with E-state index in [4.69, 9.17) is 4.42 Å². The number of furan rings is 1. The molecule has 0 bridgehead atoms. The molecular weight excluding hydrogens is 306 g/mol. The second-order valence-electron chi connectivity index (χ2n) is 5.59. The summed E-state index contributed by atoms with van der Waals surface area (Å²) < 4.78 is 29.2. The molecule has 1 fully saturated rings. The summed E-state index contributed by atoms with van der Waals surface area (Å²) in [5.41, 5.74) is 0. The average molecular weight is 329 g/mol. The van der Waals surface area contributed by atoms with E-state index in [2.05, 4.69) is 10.2 Å². The van der Waals surface area contributed by atoms with Crippen LogP contribution in [0.3, 0.4) is 0 Å². The van der Waals surface area contributed by atoms with E-state index in [0.29, 0.717) is 0 Å². The smallest absolute Gasteiger partial charge is 0.287 e. The van der Waals surface area contributed by atoms with Gasteiger partial charge < -0.3 is 9.73 Å². The molecule has 1 aliphatic rings. The Kier molecular flexibility index (Phi) is 5.60. The van der Waals surface area contributed by atoms with Gasteiger partial charge in [-0.2, -0.15) is 0 Å². The highest BCUT2D eigenvalue weighted by molar-refractivity contribution is 7.88. The van der Waals surface area contributed by atoms with E-state index in [-0.39, 0.29) is 24.8 Å². The number of rotatable bonds is 7. The van der Waals surface area contributed by atoms with Crippen LogP contribution >= 0.6 is 0 Å². The van der Waals surface area contributed by atoms with Crippen LogP contribution < -0.4 is 5.32 Å². The zero-order valence-electron chi connectivity index (χ0n) is 13.0. The number of hydrogen-bond donors (Lipinski definition) is 1. The minimum atomic E-state index is -3.22. The van der Waals surface area contributed by atoms with Gasteiger partial charge in [-0.3, -0.25) is 9.69 Å². The van der Waals surface area contributed by atoms with Gasteiger partial charge in [-0.15, -0.1) is 0 Å². The van der Waals surface area contributed by atoms with E-state index >= 15 is 0 Å². The van der Waals surface area contributed by atoms with Crippen LogP contribution in [0.25, 0.3) is 0 Å². The standard InChI is InChI=1S/C14H23N3O4S/c1-16(22(2,19)20)10-7-15-14(18)13-6-5-12(21-13)11-17-8-3-4-9-17/h5-6H,3-4,7-11H2,1-2H3,(H,15,18). The van der Waals surface area contributed by atoms with Gasteiger partial charge >= 0.3 is 0 Å². The second-order valence-corrected chi connectivity index (χ2v) is 7.68. The molecule has 8 heteroatoms. The number of carbonyl (C=O) groups excluding carboxylic acids is 1. The molecule has 1 saturated heterocycles. The minimum Gasteiger partial charge on any atom is -0.455 e. The van der Waals surface area contributed by atoms with Crippen LogP contribution in [0, 0.1) is 0 Å². The lowest BCUT2D eigenvalue weighted by molar-refractivity contribution is 0.0921. The number of likely N-dealkylation sites (N-methyl/N-ethyl adjacent to an activating group) is 1. The fourth-order valence-corrected chi connectivity index (χ4v) is 2.75. The number of likely N-dealkylation sites (tertiary alicyclic amines) is 1. The number of carbonyl (C=O) groups is 1. The zero-order valence-corrected chi connectivity index (χ0v) is 13.9. The summed E-state index contributed by atoms with van der Waals surface area (Å²) in [6.45, 7) is 3.33. The van der Waals surface area contributed by atoms with Gasteiger partial charge in [0.15, 0.2) is 5.76 Å². The first kappa shape index (κ1) is 17.0. The van der Waals surface area contributed by atoms with E-state index in [0.717, 1.165) is 31.7 Å². The van der Waals surface area contributed by atoms with E-state index in [9.17, 15) is 13.2 Å². The third kappa shape index (κ3) is 4.82. The van der Waals surface area contributed by atoms with E-state index in [1.54, 1.807) is 6.07 Å². The highest BCUT2D eigenvalue weighted by Gasteiger charge is 2.16. The molecule has 0 aromatic carbocycles. The zero-order chi connectivity index (χ0) is 16.2. The highest BCUT2D eigenvalue weighted by Crippen LogP contribution is 2.15. The van der Waals surface area contributed by atoms with Crippen molar-refractivity contribution in [3.63, 3.8) is 0 Å². The first-order valence-electron chi connectivity index (χ1n) is 7.37. The predicted octanol–water partition coefficient (Wildman–Crippen LogP) is 0.497. The van der Waals surface area contributed by atoms with Crippen molar-refractivity contribution in [3.8, 4) is 0 Å². The Balaban J connectivity index is 1.79. The number of hydrogen-bond acceptors (Lipinski definition) is 5. The fourth-order valence-electron chi connectivity index (χ4n) is 2.33. The number of amides is 1. The van der Waals surface area contributed by atoms with Crippen molar-refractivity contribution in [2.45, 2.75) is 19.4 Å². The molecule has 2 rings (SSSR count). The monoisotopic (exact) mass is 329 g/mol. The molecule has 22 heavy (non-hydrogen) atoms. The summed E-state index contributed by atoms with van der Waals surface area (Å²) in [5.74, 6) is 0.714. The van der Waals surface area contributed by atoms with Crippen LogP contribution in [0.2, 0.25) is 0 Å². The molecule has 1 amide bonds. The van der Waals surface area contributed by atoms with Crippen LogP contribution in [-0.4, -0.2) is 63.0 Å². The summed E-state index contributed by atoms with van der Waals surface area (Å²) >= 11 is 0. The Hall–Kier alpha value is -1.38. The van der Waals surface area contributed by atoms with Gasteiger partial charge in [0.25, 0.3) is 5.91 Å². The molecule has 1 N–H and O–H groups in total. The van der Waals surface area contributed by atoms with E-state index < -0.39 is 10.0 Å². The predicted molar refractivity (Wildman–Crippen MR) is 83.0 cm³/mol. The maximum Gasteiger partial charge on any atom is 0.287 e. The molecule has 0 unspecified atom stereocenters. The van der Waals surface area contributed by atoms with Crippen molar-refractivity contribution in [2.24, 2.45) is 0 Å². The normalized spacial score (nSPS) is 16.3. The van der Waals surface area contributed by atoms with Crippen LogP contribution in [0.4, 0.5) is 0 Å². The molecule has 0 atom stereocenters. The van der Waals surface area contributed by atoms with Crippen molar-refractivity contribution in [1.29, 1.82) is 0 Å². The van der Waals surface area contributed by atoms with Crippen molar-refractivity contribution in [1.82, 2.24) is 14.5 Å². The molecule has 0 saturated carbocycles. The van der Waals surface area contributed by atoms with Crippen molar-refractivity contribution < 1.29 is 17.6 Å². The molecule has 1 aromatic rings. The molecule has 7 nitrogen and oxygen atoms in total. The molecular formula is C14H23N3O4S. The van der Waals surface area contributed by atoms with E-state index in [1.807, 2.05) is 6.07 Å². The van der Waals surface area contributed by atoms with Crippen LogP contribution in [0.15, 0.2) is 16.5 Å². The van der Waals surface area contributed by atoms with Gasteiger partial charge in [0.2, 0.25) is 10.0 Å². The lowest BCUT2D eigenvalue weighted by atomic mass is 10.4. The summed E-state index contributed by atoms with van der Waals surface area (Å²) in [7, 11) is -1.75. The van der Waals surface area contributed by atoms with Gasteiger partial charge in [0, 0.05) is 20.1 Å². The Bertz CT molecular complexity index is 605. The SMILES string of the molecule is CN(CCNC(=O)c1ccc(CN2CCCC2)o1)S(C)(=O)=O. The third-order valence-corrected chi connectivity index (χ3v) is 5.06. The van der Waals surface area contributed by atoms with Crippen molar-refractivity contribution >= 4 is 15.9 Å². The minimum absolute atomic E-state index is 0.228. The van der Waals surface area contributed by atoms with Gasteiger partial charge in [-0.1, -0.05) is 0 Å². The Labute approximate surface area is 131 Å². The van der Waals surface area contributed by atoms with Crippen LogP contribution in [-0.2, 0) is 16.6 Å². The molecule has 0 radical (unpaired) electrons. The topological polar surface area (TPSA) is 82.9 Å². The van der Waals surface area contributed by atoms with Gasteiger partial charge in [-0.25, -0.2) is 12.7 Å². The summed E-state index contributed by atoms with van der Waals surface area (Å²) in [4.78, 5) is 14.2. The lowest BCUT2D eigenvalue weighted by Gasteiger charge is -2.13. The van der Waals surface area contributed by atoms with Gasteiger partial charge in [0.05, 0.1) is 12.8 Å². The molecule has 1 aromatic heterocycles. The molecule has 1 aliphatic heterocycles. The molecule has 124 valence electrons. The lowest BCUT2D eigenvalue weighted by Crippen LogP contribution is -2.35. The van der Waals surface area contributed by atoms with Crippen LogP contribution in [0.1, 0.15) is 29.2 Å². The first-order chi connectivity index (χ1) is 10.4. The third-order valence-electron chi connectivity index (χ3n) is 3.74. The number of nitrogens with zero attached hydrogens (tertiary/aromatic N) is 2. The first-order valence-corrected chi connectivity index (χ1v) is 9.21. The maximum atomic E-state index is 11.9. The molecule has 0 spiro atoms. The van der Waals surface area contributed by atoms with Gasteiger partial charge in [0.1, 0.15) is 5.76 Å². The van der Waals surface area contributed by atoms with Crippen LogP contribution in [0.5, 0.6) is 0 Å². The van der Waals surface area contributed by atoms with Crippen molar-refractivity contribution in [3.05, 3.63) is 23.7 Å². The Morgan fingerprint density at radius 3 is 2.68 bits per heavy atom. The Morgan fingerprint density at radius 2 is 2.05 bits per heavy atom. The van der Waals surface area contributed by atoms with Crippen molar-refractivity contribution in [2.75, 3.05) is 39.5 Å². The summed E-state index contributed by atoms with van der Waals surface area (Å²) in [6, 6.07) is 3.47. The highest BCUT2D eigenvalue weighted by atomic mass is 32.2. The summed E-state index contributed by atoms with van der Waals surface area (Å²) in [5, 5.41) is 2.66.